The van der Waals surface area contributed by atoms with E-state index in [0.717, 1.165) is 25.3 Å². The number of aliphatic hydroxyl groups is 1. The van der Waals surface area contributed by atoms with Crippen LogP contribution in [0.2, 0.25) is 0 Å². The molecule has 2 atom stereocenters. The van der Waals surface area contributed by atoms with Gasteiger partial charge in [0.25, 0.3) is 0 Å². The van der Waals surface area contributed by atoms with Gasteiger partial charge in [0.15, 0.2) is 0 Å². The smallest absolute Gasteiger partial charge is 0.393 e. The van der Waals surface area contributed by atoms with Crippen molar-refractivity contribution < 1.29 is 18.3 Å². The molecule has 2 N–H and O–H groups in total. The third kappa shape index (κ3) is 2.96. The number of hydrogen-bond acceptors (Lipinski definition) is 2. The molecule has 1 aliphatic carbocycles. The van der Waals surface area contributed by atoms with Gasteiger partial charge in [-0.3, -0.25) is 0 Å². The fraction of sp³-hybridized carbons (Fsp3) is 0.538. The maximum atomic E-state index is 12.7. The minimum Gasteiger partial charge on any atom is -0.393 e. The highest BCUT2D eigenvalue weighted by Crippen LogP contribution is 2.35. The average molecular weight is 259 g/mol. The largest absolute Gasteiger partial charge is 0.418 e. The van der Waals surface area contributed by atoms with Gasteiger partial charge in [0, 0.05) is 18.2 Å². The molecular weight excluding hydrogens is 243 g/mol. The first-order valence-electron chi connectivity index (χ1n) is 6.06. The molecule has 2 unspecified atom stereocenters. The Bertz CT molecular complexity index is 405. The van der Waals surface area contributed by atoms with Gasteiger partial charge in [-0.15, -0.1) is 0 Å². The van der Waals surface area contributed by atoms with Gasteiger partial charge in [-0.25, -0.2) is 0 Å². The first kappa shape index (κ1) is 13.2. The SMILES string of the molecule is OC1CCCC1CNc1ccccc1C(F)(F)F. The number of anilines is 1. The molecule has 100 valence electrons. The van der Waals surface area contributed by atoms with Gasteiger partial charge in [0.05, 0.1) is 11.7 Å². The monoisotopic (exact) mass is 259 g/mol. The van der Waals surface area contributed by atoms with Crippen LogP contribution in [-0.2, 0) is 6.18 Å². The molecule has 0 heterocycles. The molecule has 0 aromatic heterocycles. The number of alkyl halides is 3. The van der Waals surface area contributed by atoms with Crippen LogP contribution in [0.15, 0.2) is 24.3 Å². The molecule has 5 heteroatoms. The molecule has 1 aromatic carbocycles. The van der Waals surface area contributed by atoms with Crippen molar-refractivity contribution in [3.63, 3.8) is 0 Å². The van der Waals surface area contributed by atoms with E-state index in [1.54, 1.807) is 6.07 Å². The highest BCUT2D eigenvalue weighted by Gasteiger charge is 2.33. The molecule has 1 aromatic rings. The van der Waals surface area contributed by atoms with Crippen molar-refractivity contribution in [3.8, 4) is 0 Å². The van der Waals surface area contributed by atoms with E-state index in [2.05, 4.69) is 5.32 Å². The number of aliphatic hydroxyl groups excluding tert-OH is 1. The lowest BCUT2D eigenvalue weighted by molar-refractivity contribution is -0.136. The fourth-order valence-corrected chi connectivity index (χ4v) is 2.38. The summed E-state index contributed by atoms with van der Waals surface area (Å²) in [5.74, 6) is 0.0475. The average Bonchev–Trinajstić information content (AvgIpc) is 2.71. The Morgan fingerprint density at radius 3 is 2.56 bits per heavy atom. The summed E-state index contributed by atoms with van der Waals surface area (Å²) in [4.78, 5) is 0. The molecule has 0 bridgehead atoms. The number of para-hydroxylation sites is 1. The highest BCUT2D eigenvalue weighted by atomic mass is 19.4. The summed E-state index contributed by atoms with van der Waals surface area (Å²) in [7, 11) is 0. The first-order valence-corrected chi connectivity index (χ1v) is 6.06. The minimum atomic E-state index is -4.35. The molecule has 0 amide bonds. The van der Waals surface area contributed by atoms with E-state index in [9.17, 15) is 18.3 Å². The van der Waals surface area contributed by atoms with Crippen LogP contribution in [0.4, 0.5) is 18.9 Å². The number of rotatable bonds is 3. The van der Waals surface area contributed by atoms with E-state index >= 15 is 0 Å². The molecule has 2 rings (SSSR count). The lowest BCUT2D eigenvalue weighted by Gasteiger charge is -2.18. The molecule has 0 saturated heterocycles. The van der Waals surface area contributed by atoms with Crippen molar-refractivity contribution in [2.45, 2.75) is 31.5 Å². The van der Waals surface area contributed by atoms with Crippen molar-refractivity contribution in [1.29, 1.82) is 0 Å². The van der Waals surface area contributed by atoms with E-state index in [1.165, 1.54) is 12.1 Å². The number of halogens is 3. The van der Waals surface area contributed by atoms with Gasteiger partial charge in [0.1, 0.15) is 0 Å². The summed E-state index contributed by atoms with van der Waals surface area (Å²) >= 11 is 0. The maximum Gasteiger partial charge on any atom is 0.418 e. The van der Waals surface area contributed by atoms with Gasteiger partial charge in [-0.2, -0.15) is 13.2 Å². The number of nitrogens with one attached hydrogen (secondary N) is 1. The van der Waals surface area contributed by atoms with E-state index in [4.69, 9.17) is 0 Å². The second-order valence-corrected chi connectivity index (χ2v) is 4.68. The highest BCUT2D eigenvalue weighted by molar-refractivity contribution is 5.52. The van der Waals surface area contributed by atoms with Gasteiger partial charge in [0.2, 0.25) is 0 Å². The molecule has 0 radical (unpaired) electrons. The zero-order valence-corrected chi connectivity index (χ0v) is 9.87. The molecule has 18 heavy (non-hydrogen) atoms. The standard InChI is InChI=1S/C13H16F3NO/c14-13(15,16)10-5-1-2-6-11(10)17-8-9-4-3-7-12(9)18/h1-2,5-6,9,12,17-18H,3-4,7-8H2. The summed E-state index contributed by atoms with van der Waals surface area (Å²) in [6, 6.07) is 5.43. The van der Waals surface area contributed by atoms with Crippen LogP contribution in [0.3, 0.4) is 0 Å². The van der Waals surface area contributed by atoms with Crippen LogP contribution < -0.4 is 5.32 Å². The first-order chi connectivity index (χ1) is 8.48. The Kier molecular flexibility index (Phi) is 3.80. The lowest BCUT2D eigenvalue weighted by atomic mass is 10.1. The van der Waals surface area contributed by atoms with E-state index in [0.29, 0.717) is 6.54 Å². The minimum absolute atomic E-state index is 0.0475. The molecular formula is C13H16F3NO. The summed E-state index contributed by atoms with van der Waals surface area (Å²) in [5.41, 5.74) is -0.568. The fourth-order valence-electron chi connectivity index (χ4n) is 2.38. The molecule has 1 saturated carbocycles. The van der Waals surface area contributed by atoms with E-state index in [-0.39, 0.29) is 11.6 Å². The summed E-state index contributed by atoms with van der Waals surface area (Å²) in [6.45, 7) is 0.383. The Morgan fingerprint density at radius 2 is 1.94 bits per heavy atom. The zero-order valence-electron chi connectivity index (χ0n) is 9.87. The Hall–Kier alpha value is -1.23. The van der Waals surface area contributed by atoms with Crippen molar-refractivity contribution in [2.24, 2.45) is 5.92 Å². The summed E-state index contributed by atoms with van der Waals surface area (Å²) in [6.07, 6.45) is -2.20. The predicted molar refractivity (Wildman–Crippen MR) is 63.3 cm³/mol. The lowest BCUT2D eigenvalue weighted by Crippen LogP contribution is -2.23. The number of benzene rings is 1. The second-order valence-electron chi connectivity index (χ2n) is 4.68. The van der Waals surface area contributed by atoms with Gasteiger partial charge in [-0.1, -0.05) is 18.6 Å². The topological polar surface area (TPSA) is 32.3 Å². The normalized spacial score (nSPS) is 24.2. The van der Waals surface area contributed by atoms with Gasteiger partial charge < -0.3 is 10.4 Å². The Labute approximate surface area is 104 Å². The van der Waals surface area contributed by atoms with Crippen LogP contribution in [0.5, 0.6) is 0 Å². The van der Waals surface area contributed by atoms with Crippen molar-refractivity contribution in [2.75, 3.05) is 11.9 Å². The maximum absolute atomic E-state index is 12.7. The quantitative estimate of drug-likeness (QED) is 0.873. The van der Waals surface area contributed by atoms with Gasteiger partial charge >= 0.3 is 6.18 Å². The molecule has 0 aliphatic heterocycles. The molecule has 2 nitrogen and oxygen atoms in total. The van der Waals surface area contributed by atoms with Crippen molar-refractivity contribution in [3.05, 3.63) is 29.8 Å². The zero-order chi connectivity index (χ0) is 13.2. The Morgan fingerprint density at radius 1 is 1.22 bits per heavy atom. The molecule has 0 spiro atoms. The second kappa shape index (κ2) is 5.18. The Balaban J connectivity index is 2.05. The van der Waals surface area contributed by atoms with Crippen molar-refractivity contribution in [1.82, 2.24) is 0 Å². The van der Waals surface area contributed by atoms with Gasteiger partial charge in [-0.05, 0) is 25.0 Å². The van der Waals surface area contributed by atoms with Crippen LogP contribution >= 0.6 is 0 Å². The van der Waals surface area contributed by atoms with Crippen LogP contribution in [0.25, 0.3) is 0 Å². The summed E-state index contributed by atoms with van der Waals surface area (Å²) in [5, 5.41) is 12.4. The molecule has 1 fully saturated rings. The van der Waals surface area contributed by atoms with Crippen LogP contribution in [-0.4, -0.2) is 17.8 Å². The van der Waals surface area contributed by atoms with Crippen LogP contribution in [0.1, 0.15) is 24.8 Å². The third-order valence-electron chi connectivity index (χ3n) is 3.41. The van der Waals surface area contributed by atoms with Crippen molar-refractivity contribution >= 4 is 5.69 Å². The summed E-state index contributed by atoms with van der Waals surface area (Å²) < 4.78 is 38.2. The number of hydrogen-bond donors (Lipinski definition) is 2. The predicted octanol–water partition coefficient (Wildman–Crippen LogP) is 3.28. The van der Waals surface area contributed by atoms with E-state index in [1.807, 2.05) is 0 Å². The van der Waals surface area contributed by atoms with Crippen LogP contribution in [0, 0.1) is 5.92 Å². The van der Waals surface area contributed by atoms with E-state index < -0.39 is 17.8 Å². The molecule has 1 aliphatic rings. The third-order valence-corrected chi connectivity index (χ3v) is 3.41.